The van der Waals surface area contributed by atoms with Gasteiger partial charge in [0.1, 0.15) is 11.1 Å². The van der Waals surface area contributed by atoms with E-state index in [1.807, 2.05) is 18.2 Å². The third-order valence-electron chi connectivity index (χ3n) is 3.59. The van der Waals surface area contributed by atoms with Gasteiger partial charge in [-0.05, 0) is 24.3 Å². The van der Waals surface area contributed by atoms with E-state index in [1.165, 1.54) is 21.3 Å². The minimum absolute atomic E-state index is 0.0922. The summed E-state index contributed by atoms with van der Waals surface area (Å²) in [4.78, 5) is 16.7. The number of para-hydroxylation sites is 2. The molecule has 7 heteroatoms. The van der Waals surface area contributed by atoms with Crippen molar-refractivity contribution >= 4 is 17.1 Å². The molecule has 3 aromatic rings. The third-order valence-corrected chi connectivity index (χ3v) is 3.59. The Morgan fingerprint density at radius 2 is 1.76 bits per heavy atom. The first kappa shape index (κ1) is 16.6. The summed E-state index contributed by atoms with van der Waals surface area (Å²) in [7, 11) is 4.41. The van der Waals surface area contributed by atoms with Gasteiger partial charge in [-0.25, -0.2) is 9.78 Å². The number of nitrogens with zero attached hydrogens (tertiary/aromatic N) is 1. The van der Waals surface area contributed by atoms with Crippen LogP contribution in [0.25, 0.3) is 11.1 Å². The van der Waals surface area contributed by atoms with Crippen molar-refractivity contribution < 1.29 is 28.2 Å². The molecule has 0 aliphatic carbocycles. The van der Waals surface area contributed by atoms with Gasteiger partial charge in [0.2, 0.25) is 11.6 Å². The Morgan fingerprint density at radius 3 is 2.44 bits per heavy atom. The summed E-state index contributed by atoms with van der Waals surface area (Å²) in [6.45, 7) is -0.0922. The maximum Gasteiger partial charge on any atom is 0.342 e. The summed E-state index contributed by atoms with van der Waals surface area (Å²) in [5.74, 6) is 0.745. The lowest BCUT2D eigenvalue weighted by Crippen LogP contribution is -2.08. The molecule has 0 N–H and O–H groups in total. The molecule has 0 aliphatic rings. The lowest BCUT2D eigenvalue weighted by atomic mass is 10.1. The van der Waals surface area contributed by atoms with E-state index in [2.05, 4.69) is 4.98 Å². The number of oxazole rings is 1. The zero-order chi connectivity index (χ0) is 17.8. The van der Waals surface area contributed by atoms with Gasteiger partial charge in [-0.2, -0.15) is 0 Å². The van der Waals surface area contributed by atoms with Crippen LogP contribution >= 0.6 is 0 Å². The minimum Gasteiger partial charge on any atom is -0.493 e. The van der Waals surface area contributed by atoms with Crippen molar-refractivity contribution in [2.75, 3.05) is 21.3 Å². The van der Waals surface area contributed by atoms with Crippen molar-refractivity contribution in [2.45, 2.75) is 6.61 Å². The van der Waals surface area contributed by atoms with Crippen molar-refractivity contribution in [3.8, 4) is 17.2 Å². The molecule has 0 saturated carbocycles. The summed E-state index contributed by atoms with van der Waals surface area (Å²) in [5.41, 5.74) is 1.56. The molecule has 3 rings (SSSR count). The summed E-state index contributed by atoms with van der Waals surface area (Å²) in [6.07, 6.45) is 0. The lowest BCUT2D eigenvalue weighted by molar-refractivity contribution is 0.0436. The number of carbonyl (C=O) groups excluding carboxylic acids is 1. The van der Waals surface area contributed by atoms with Gasteiger partial charge in [-0.15, -0.1) is 0 Å². The molecule has 130 valence electrons. The van der Waals surface area contributed by atoms with E-state index in [4.69, 9.17) is 23.4 Å². The fourth-order valence-electron chi connectivity index (χ4n) is 2.45. The molecule has 25 heavy (non-hydrogen) atoms. The maximum atomic E-state index is 12.4. The fourth-order valence-corrected chi connectivity index (χ4v) is 2.45. The van der Waals surface area contributed by atoms with E-state index >= 15 is 0 Å². The maximum absolute atomic E-state index is 12.4. The van der Waals surface area contributed by atoms with Gasteiger partial charge in [-0.1, -0.05) is 12.1 Å². The van der Waals surface area contributed by atoms with Gasteiger partial charge in [0.25, 0.3) is 0 Å². The SMILES string of the molecule is COc1ccc(C(=O)OCc2nc3ccccc3o2)c(OC)c1OC. The number of rotatable bonds is 6. The molecule has 0 atom stereocenters. The van der Waals surface area contributed by atoms with Crippen molar-refractivity contribution in [1.82, 2.24) is 4.98 Å². The molecule has 0 aliphatic heterocycles. The molecule has 0 saturated heterocycles. The summed E-state index contributed by atoms with van der Waals surface area (Å²) >= 11 is 0. The highest BCUT2D eigenvalue weighted by Crippen LogP contribution is 2.40. The number of hydrogen-bond acceptors (Lipinski definition) is 7. The van der Waals surface area contributed by atoms with Gasteiger partial charge in [0, 0.05) is 0 Å². The third kappa shape index (κ3) is 3.21. The van der Waals surface area contributed by atoms with Gasteiger partial charge in [-0.3, -0.25) is 0 Å². The van der Waals surface area contributed by atoms with Gasteiger partial charge >= 0.3 is 5.97 Å². The Bertz CT molecular complexity index is 869. The Morgan fingerprint density at radius 1 is 1.00 bits per heavy atom. The quantitative estimate of drug-likeness (QED) is 0.636. The molecule has 0 amide bonds. The van der Waals surface area contributed by atoms with Crippen LogP contribution < -0.4 is 14.2 Å². The van der Waals surface area contributed by atoms with Crippen LogP contribution in [0.2, 0.25) is 0 Å². The Hall–Kier alpha value is -3.22. The van der Waals surface area contributed by atoms with E-state index < -0.39 is 5.97 Å². The molecular formula is C18H17NO6. The highest BCUT2D eigenvalue weighted by Gasteiger charge is 2.22. The van der Waals surface area contributed by atoms with E-state index in [0.717, 1.165) is 0 Å². The first-order valence-corrected chi connectivity index (χ1v) is 7.48. The number of esters is 1. The molecule has 1 aromatic heterocycles. The molecule has 0 bridgehead atoms. The van der Waals surface area contributed by atoms with Crippen LogP contribution in [0.5, 0.6) is 17.2 Å². The molecule has 2 aromatic carbocycles. The van der Waals surface area contributed by atoms with E-state index in [1.54, 1.807) is 18.2 Å². The van der Waals surface area contributed by atoms with Crippen LogP contribution in [0, 0.1) is 0 Å². The van der Waals surface area contributed by atoms with Crippen LogP contribution in [-0.2, 0) is 11.3 Å². The standard InChI is InChI=1S/C18H17NO6/c1-21-14-9-8-11(16(22-2)17(14)23-3)18(20)24-10-15-19-12-6-4-5-7-13(12)25-15/h4-9H,10H2,1-3H3. The summed E-state index contributed by atoms with van der Waals surface area (Å²) < 4.78 is 26.6. The van der Waals surface area contributed by atoms with Crippen LogP contribution in [0.15, 0.2) is 40.8 Å². The van der Waals surface area contributed by atoms with Gasteiger partial charge in [0.05, 0.1) is 21.3 Å². The zero-order valence-electron chi connectivity index (χ0n) is 14.1. The second-order valence-corrected chi connectivity index (χ2v) is 5.03. The topological polar surface area (TPSA) is 80.0 Å². The Labute approximate surface area is 144 Å². The van der Waals surface area contributed by atoms with Crippen molar-refractivity contribution in [3.05, 3.63) is 47.9 Å². The van der Waals surface area contributed by atoms with Crippen LogP contribution in [0.1, 0.15) is 16.2 Å². The summed E-state index contributed by atoms with van der Waals surface area (Å²) in [5, 5.41) is 0. The van der Waals surface area contributed by atoms with E-state index in [-0.39, 0.29) is 17.9 Å². The number of benzene rings is 2. The van der Waals surface area contributed by atoms with Crippen LogP contribution in [0.3, 0.4) is 0 Å². The smallest absolute Gasteiger partial charge is 0.342 e. The molecule has 0 radical (unpaired) electrons. The van der Waals surface area contributed by atoms with E-state index in [9.17, 15) is 4.79 Å². The predicted molar refractivity (Wildman–Crippen MR) is 89.2 cm³/mol. The molecular weight excluding hydrogens is 326 g/mol. The Kier molecular flexibility index (Phi) is 4.74. The number of aromatic nitrogens is 1. The second-order valence-electron chi connectivity index (χ2n) is 5.03. The lowest BCUT2D eigenvalue weighted by Gasteiger charge is -2.14. The first-order valence-electron chi connectivity index (χ1n) is 7.48. The largest absolute Gasteiger partial charge is 0.493 e. The van der Waals surface area contributed by atoms with Crippen molar-refractivity contribution in [2.24, 2.45) is 0 Å². The number of carbonyl (C=O) groups is 1. The average molecular weight is 343 g/mol. The zero-order valence-corrected chi connectivity index (χ0v) is 14.1. The Balaban J connectivity index is 1.81. The highest BCUT2D eigenvalue weighted by atomic mass is 16.5. The van der Waals surface area contributed by atoms with Gasteiger partial charge in [0.15, 0.2) is 23.7 Å². The van der Waals surface area contributed by atoms with Gasteiger partial charge < -0.3 is 23.4 Å². The average Bonchev–Trinajstić information content (AvgIpc) is 3.07. The predicted octanol–water partition coefficient (Wildman–Crippen LogP) is 3.21. The van der Waals surface area contributed by atoms with Crippen molar-refractivity contribution in [1.29, 1.82) is 0 Å². The molecule has 7 nitrogen and oxygen atoms in total. The molecule has 1 heterocycles. The first-order chi connectivity index (χ1) is 12.2. The monoisotopic (exact) mass is 343 g/mol. The number of ether oxygens (including phenoxy) is 4. The van der Waals surface area contributed by atoms with Crippen LogP contribution in [0.4, 0.5) is 0 Å². The normalized spacial score (nSPS) is 10.5. The number of hydrogen-bond donors (Lipinski definition) is 0. The molecule has 0 fully saturated rings. The molecule has 0 unspecified atom stereocenters. The summed E-state index contributed by atoms with van der Waals surface area (Å²) in [6, 6.07) is 10.5. The van der Waals surface area contributed by atoms with Crippen molar-refractivity contribution in [3.63, 3.8) is 0 Å². The van der Waals surface area contributed by atoms with E-state index in [0.29, 0.717) is 28.5 Å². The fraction of sp³-hybridized carbons (Fsp3) is 0.222. The second kappa shape index (κ2) is 7.12. The highest BCUT2D eigenvalue weighted by molar-refractivity contribution is 5.94. The minimum atomic E-state index is -0.583. The number of fused-ring (bicyclic) bond motifs is 1. The van der Waals surface area contributed by atoms with Crippen LogP contribution in [-0.4, -0.2) is 32.3 Å². The number of methoxy groups -OCH3 is 3. The molecule has 0 spiro atoms.